The van der Waals surface area contributed by atoms with Gasteiger partial charge in [-0.05, 0) is 30.2 Å². The van der Waals surface area contributed by atoms with Gasteiger partial charge in [0.15, 0.2) is 0 Å². The Labute approximate surface area is 140 Å². The monoisotopic (exact) mass is 322 g/mol. The second-order valence-electron chi connectivity index (χ2n) is 4.97. The number of hydrogen-bond acceptors (Lipinski definition) is 4. The maximum absolute atomic E-state index is 11.7. The van der Waals surface area contributed by atoms with Gasteiger partial charge in [-0.2, -0.15) is 5.10 Å². The molecular weight excluding hydrogens is 304 g/mol. The van der Waals surface area contributed by atoms with Crippen molar-refractivity contribution in [2.24, 2.45) is 5.10 Å². The first kappa shape index (κ1) is 17.0. The van der Waals surface area contributed by atoms with Crippen molar-refractivity contribution < 1.29 is 15.0 Å². The van der Waals surface area contributed by atoms with Crippen LogP contribution < -0.4 is 5.43 Å². The van der Waals surface area contributed by atoms with E-state index >= 15 is 0 Å². The fourth-order valence-electron chi connectivity index (χ4n) is 2.03. The lowest BCUT2D eigenvalue weighted by molar-refractivity contribution is -0.116. The number of nitrogens with one attached hydrogen (secondary N) is 1. The number of para-hydroxylation sites is 2. The molecule has 0 atom stereocenters. The number of carbonyl (C=O) groups is 1. The predicted octanol–water partition coefficient (Wildman–Crippen LogP) is 2.99. The summed E-state index contributed by atoms with van der Waals surface area (Å²) in [5, 5.41) is 23.5. The molecule has 0 bridgehead atoms. The van der Waals surface area contributed by atoms with Crippen molar-refractivity contribution in [1.29, 1.82) is 0 Å². The highest BCUT2D eigenvalue weighted by atomic mass is 16.3. The first-order chi connectivity index (χ1) is 11.6. The fourth-order valence-corrected chi connectivity index (χ4v) is 2.03. The van der Waals surface area contributed by atoms with E-state index in [4.69, 9.17) is 0 Å². The highest BCUT2D eigenvalue weighted by Crippen LogP contribution is 2.21. The van der Waals surface area contributed by atoms with E-state index in [0.29, 0.717) is 17.5 Å². The van der Waals surface area contributed by atoms with Crippen molar-refractivity contribution in [3.05, 3.63) is 77.9 Å². The Morgan fingerprint density at radius 3 is 2.62 bits per heavy atom. The van der Waals surface area contributed by atoms with Gasteiger partial charge in [-0.1, -0.05) is 36.4 Å². The molecular formula is C19H18N2O3. The van der Waals surface area contributed by atoms with Crippen molar-refractivity contribution in [2.75, 3.05) is 0 Å². The standard InChI is InChI=1S/C19H18N2O3/c1-2-6-15-8-5-9-16(19(15)24)13-20-21-18(23)12-11-14-7-3-4-10-17(14)22/h2-5,7-13,22,24H,1,6H2,(H,21,23)/b12-11+,20-13+. The summed E-state index contributed by atoms with van der Waals surface area (Å²) in [5.74, 6) is -0.245. The Balaban J connectivity index is 1.99. The number of phenols is 2. The molecule has 5 nitrogen and oxygen atoms in total. The topological polar surface area (TPSA) is 81.9 Å². The minimum atomic E-state index is -0.448. The van der Waals surface area contributed by atoms with Crippen LogP contribution in [0.1, 0.15) is 16.7 Å². The molecule has 0 radical (unpaired) electrons. The largest absolute Gasteiger partial charge is 0.507 e. The van der Waals surface area contributed by atoms with E-state index in [2.05, 4.69) is 17.1 Å². The summed E-state index contributed by atoms with van der Waals surface area (Å²) >= 11 is 0. The average molecular weight is 322 g/mol. The minimum Gasteiger partial charge on any atom is -0.507 e. The van der Waals surface area contributed by atoms with Crippen molar-refractivity contribution in [3.63, 3.8) is 0 Å². The van der Waals surface area contributed by atoms with Gasteiger partial charge in [0.2, 0.25) is 0 Å². The number of hydrazone groups is 1. The van der Waals surface area contributed by atoms with Crippen molar-refractivity contribution in [2.45, 2.75) is 6.42 Å². The summed E-state index contributed by atoms with van der Waals surface area (Å²) in [6, 6.07) is 12.0. The van der Waals surface area contributed by atoms with E-state index < -0.39 is 5.91 Å². The summed E-state index contributed by atoms with van der Waals surface area (Å²) in [5.41, 5.74) is 4.10. The van der Waals surface area contributed by atoms with E-state index in [0.717, 1.165) is 5.56 Å². The van der Waals surface area contributed by atoms with Gasteiger partial charge in [-0.15, -0.1) is 6.58 Å². The fraction of sp³-hybridized carbons (Fsp3) is 0.0526. The molecule has 0 fully saturated rings. The van der Waals surface area contributed by atoms with Gasteiger partial charge in [0.05, 0.1) is 6.21 Å². The number of phenolic OH excluding ortho intramolecular Hbond substituents is 2. The van der Waals surface area contributed by atoms with Gasteiger partial charge in [0.1, 0.15) is 11.5 Å². The Morgan fingerprint density at radius 2 is 1.88 bits per heavy atom. The van der Waals surface area contributed by atoms with Crippen LogP contribution in [0.4, 0.5) is 0 Å². The Bertz CT molecular complexity index is 795. The van der Waals surface area contributed by atoms with Crippen LogP contribution in [-0.2, 0) is 11.2 Å². The molecule has 0 aliphatic rings. The number of aromatic hydroxyl groups is 2. The third kappa shape index (κ3) is 4.58. The molecule has 5 heteroatoms. The van der Waals surface area contributed by atoms with Crippen LogP contribution in [0.15, 0.2) is 66.3 Å². The molecule has 2 aromatic carbocycles. The first-order valence-electron chi connectivity index (χ1n) is 7.32. The zero-order chi connectivity index (χ0) is 17.4. The molecule has 24 heavy (non-hydrogen) atoms. The quantitative estimate of drug-likeness (QED) is 0.331. The molecule has 0 aliphatic carbocycles. The Kier molecular flexibility index (Phi) is 5.91. The van der Waals surface area contributed by atoms with Gasteiger partial charge >= 0.3 is 0 Å². The molecule has 3 N–H and O–H groups in total. The molecule has 0 heterocycles. The number of nitrogens with zero attached hydrogens (tertiary/aromatic N) is 1. The van der Waals surface area contributed by atoms with Crippen molar-refractivity contribution in [1.82, 2.24) is 5.43 Å². The molecule has 2 rings (SSSR count). The van der Waals surface area contributed by atoms with Crippen LogP contribution in [0, 0.1) is 0 Å². The van der Waals surface area contributed by atoms with E-state index in [1.54, 1.807) is 42.5 Å². The van der Waals surface area contributed by atoms with Crippen LogP contribution in [0.2, 0.25) is 0 Å². The first-order valence-corrected chi connectivity index (χ1v) is 7.32. The second kappa shape index (κ2) is 8.33. The number of allylic oxidation sites excluding steroid dienone is 1. The molecule has 0 spiro atoms. The molecule has 2 aromatic rings. The van der Waals surface area contributed by atoms with Crippen LogP contribution in [0.3, 0.4) is 0 Å². The van der Waals surface area contributed by atoms with E-state index in [1.807, 2.05) is 0 Å². The molecule has 122 valence electrons. The van der Waals surface area contributed by atoms with Gasteiger partial charge in [-0.3, -0.25) is 4.79 Å². The van der Waals surface area contributed by atoms with Crippen LogP contribution >= 0.6 is 0 Å². The minimum absolute atomic E-state index is 0.0917. The maximum atomic E-state index is 11.7. The van der Waals surface area contributed by atoms with E-state index in [-0.39, 0.29) is 11.5 Å². The summed E-state index contributed by atoms with van der Waals surface area (Å²) in [6.07, 6.45) is 6.36. The third-order valence-corrected chi connectivity index (χ3v) is 3.24. The van der Waals surface area contributed by atoms with Gasteiger partial charge in [-0.25, -0.2) is 5.43 Å². The number of hydrogen-bond donors (Lipinski definition) is 3. The summed E-state index contributed by atoms with van der Waals surface area (Å²) in [6.45, 7) is 3.64. The maximum Gasteiger partial charge on any atom is 0.264 e. The summed E-state index contributed by atoms with van der Waals surface area (Å²) in [7, 11) is 0. The zero-order valence-corrected chi connectivity index (χ0v) is 13.0. The summed E-state index contributed by atoms with van der Waals surface area (Å²) in [4.78, 5) is 11.7. The Hall–Kier alpha value is -3.34. The molecule has 0 unspecified atom stereocenters. The zero-order valence-electron chi connectivity index (χ0n) is 13.0. The van der Waals surface area contributed by atoms with E-state index in [9.17, 15) is 15.0 Å². The third-order valence-electron chi connectivity index (χ3n) is 3.24. The van der Waals surface area contributed by atoms with Crippen LogP contribution in [0.5, 0.6) is 11.5 Å². The smallest absolute Gasteiger partial charge is 0.264 e. The number of rotatable bonds is 6. The van der Waals surface area contributed by atoms with Crippen molar-refractivity contribution in [3.8, 4) is 11.5 Å². The number of benzene rings is 2. The molecule has 0 saturated carbocycles. The molecule has 1 amide bonds. The molecule has 0 aromatic heterocycles. The average Bonchev–Trinajstić information content (AvgIpc) is 2.57. The van der Waals surface area contributed by atoms with Crippen LogP contribution in [0.25, 0.3) is 6.08 Å². The lowest BCUT2D eigenvalue weighted by Gasteiger charge is -2.04. The van der Waals surface area contributed by atoms with Gasteiger partial charge in [0.25, 0.3) is 5.91 Å². The second-order valence-corrected chi connectivity index (χ2v) is 4.97. The van der Waals surface area contributed by atoms with Crippen molar-refractivity contribution >= 4 is 18.2 Å². The van der Waals surface area contributed by atoms with Gasteiger partial charge in [0, 0.05) is 17.2 Å². The number of carbonyl (C=O) groups excluding carboxylic acids is 1. The van der Waals surface area contributed by atoms with E-state index in [1.165, 1.54) is 24.4 Å². The molecule has 0 saturated heterocycles. The van der Waals surface area contributed by atoms with Gasteiger partial charge < -0.3 is 10.2 Å². The lowest BCUT2D eigenvalue weighted by atomic mass is 10.1. The highest BCUT2D eigenvalue weighted by Gasteiger charge is 2.03. The SMILES string of the molecule is C=CCc1cccc(/C=N/NC(=O)/C=C/c2ccccc2O)c1O. The number of amides is 1. The molecule has 0 aliphatic heterocycles. The van der Waals surface area contributed by atoms with Crippen LogP contribution in [-0.4, -0.2) is 22.3 Å². The lowest BCUT2D eigenvalue weighted by Crippen LogP contribution is -2.14. The normalized spacial score (nSPS) is 11.0. The predicted molar refractivity (Wildman–Crippen MR) is 94.9 cm³/mol. The highest BCUT2D eigenvalue weighted by molar-refractivity contribution is 5.93. The Morgan fingerprint density at radius 1 is 1.12 bits per heavy atom. The summed E-state index contributed by atoms with van der Waals surface area (Å²) < 4.78 is 0.